The van der Waals surface area contributed by atoms with Gasteiger partial charge in [0.15, 0.2) is 74.0 Å². The Kier molecular flexibility index (Phi) is 29.2. The molecule has 35 nitrogen and oxygen atoms in total. The second-order valence-electron chi connectivity index (χ2n) is 33.9. The van der Waals surface area contributed by atoms with Gasteiger partial charge in [-0.15, -0.1) is 0 Å². The van der Waals surface area contributed by atoms with E-state index >= 15 is 0 Å². The summed E-state index contributed by atoms with van der Waals surface area (Å²) in [6.07, 6.45) is -29.0. The van der Waals surface area contributed by atoms with Crippen LogP contribution in [0.15, 0.2) is 11.6 Å². The monoisotopic (exact) mass is 1640 g/mol. The highest BCUT2D eigenvalue weighted by Crippen LogP contribution is 2.76. The van der Waals surface area contributed by atoms with Crippen molar-refractivity contribution in [1.29, 1.82) is 0 Å². The summed E-state index contributed by atoms with van der Waals surface area (Å²) in [7, 11) is 0. The predicted molar refractivity (Wildman–Crippen MR) is 387 cm³/mol. The molecule has 9 rings (SSSR count). The number of ether oxygens (including phenoxy) is 21. The molecule has 5 aliphatic carbocycles. The Morgan fingerprint density at radius 2 is 0.783 bits per heavy atom. The van der Waals surface area contributed by atoms with Crippen LogP contribution in [0.3, 0.4) is 0 Å². The van der Waals surface area contributed by atoms with E-state index in [4.69, 9.17) is 99.5 Å². The maximum absolute atomic E-state index is 13.9. The molecule has 2 unspecified atom stereocenters. The number of carbonyl (C=O) groups excluding carboxylic acids is 13. The third-order valence-corrected chi connectivity index (χ3v) is 25.2. The van der Waals surface area contributed by atoms with Crippen LogP contribution in [0.1, 0.15) is 203 Å². The summed E-state index contributed by atoms with van der Waals surface area (Å²) in [5, 5.41) is 12.7. The first-order chi connectivity index (χ1) is 53.7. The Hall–Kier alpha value is -7.51. The van der Waals surface area contributed by atoms with Crippen LogP contribution < -0.4 is 0 Å². The van der Waals surface area contributed by atoms with Crippen LogP contribution in [-0.4, -0.2) is 245 Å². The first kappa shape index (κ1) is 91.4. The van der Waals surface area contributed by atoms with E-state index in [9.17, 15) is 67.4 Å². The summed E-state index contributed by atoms with van der Waals surface area (Å²) in [6, 6.07) is 0. The molecule has 35 heteroatoms. The zero-order chi connectivity index (χ0) is 85.1. The summed E-state index contributed by atoms with van der Waals surface area (Å²) in [6.45, 7) is 26.8. The molecule has 0 aromatic heterocycles. The van der Waals surface area contributed by atoms with Gasteiger partial charge in [-0.3, -0.25) is 62.3 Å². The Bertz CT molecular complexity index is 3650. The molecule has 0 radical (unpaired) electrons. The van der Waals surface area contributed by atoms with E-state index in [-0.39, 0.29) is 58.4 Å². The minimum atomic E-state index is -2.20. The molecule has 4 saturated carbocycles. The SMILES string of the molecule is CC(=O)OC[C@H]1O[C@@H](O[C@H]2[C@H](O[C@H]3CC[C@]4(C)C5CC=C6C7CC(C)(C)CC[C@]7(COC(C)=O)CC[C@@]6(C)[C@]5(C)CC[C@H]4[C@]3(C)COC(C)=O)O[C@H](C)[C@H](OC(C)=O)[C@@H]2O[C@@H]2O[C@H](COC(C)=O)[C@@H](O[C@@H]3O[C@H](COC(C)=O)[C@@H](OC(C)=O)[C@H](OC(C)=O)[C@H]3OC(C)=O)[C@@H](OC(C)=O)[C@H]2OC(C)=O)[C@@H](O)[C@H](OC(C)=O)[C@H]1OC(C)=O. The van der Waals surface area contributed by atoms with Crippen LogP contribution in [0.4, 0.5) is 0 Å². The highest BCUT2D eigenvalue weighted by Gasteiger charge is 2.71. The molecule has 0 amide bonds. The van der Waals surface area contributed by atoms with Gasteiger partial charge in [-0.2, -0.15) is 0 Å². The van der Waals surface area contributed by atoms with Crippen LogP contribution in [0.5, 0.6) is 0 Å². The highest BCUT2D eigenvalue weighted by atomic mass is 16.8. The van der Waals surface area contributed by atoms with E-state index < -0.39 is 231 Å². The lowest BCUT2D eigenvalue weighted by Crippen LogP contribution is -2.70. The summed E-state index contributed by atoms with van der Waals surface area (Å²) < 4.78 is 130. The van der Waals surface area contributed by atoms with Gasteiger partial charge in [0, 0.05) is 101 Å². The van der Waals surface area contributed by atoms with Crippen LogP contribution >= 0.6 is 0 Å². The lowest BCUT2D eigenvalue weighted by atomic mass is 9.33. The molecule has 1 N–H and O–H groups in total. The maximum Gasteiger partial charge on any atom is 0.303 e. The lowest BCUT2D eigenvalue weighted by molar-refractivity contribution is -0.403. The fraction of sp³-hybridized carbons (Fsp3) is 0.812. The Balaban J connectivity index is 1.19. The molecule has 0 aromatic rings. The van der Waals surface area contributed by atoms with E-state index in [1.54, 1.807) is 0 Å². The zero-order valence-electron chi connectivity index (χ0n) is 69.4. The molecule has 0 aromatic carbocycles. The normalized spacial score (nSPS) is 39.7. The molecule has 4 aliphatic heterocycles. The van der Waals surface area contributed by atoms with Crippen molar-refractivity contribution >= 4 is 77.6 Å². The molecule has 4 heterocycles. The molecular formula is C80H116O35. The van der Waals surface area contributed by atoms with E-state index in [0.717, 1.165) is 121 Å². The molecule has 4 saturated heterocycles. The second kappa shape index (κ2) is 36.8. The van der Waals surface area contributed by atoms with E-state index in [0.29, 0.717) is 19.4 Å². The topological polar surface area (TPSA) is 436 Å². The van der Waals surface area contributed by atoms with Crippen molar-refractivity contribution in [2.24, 2.45) is 50.2 Å². The molecule has 9 aliphatic rings. The van der Waals surface area contributed by atoms with E-state index in [2.05, 4.69) is 40.7 Å². The third-order valence-electron chi connectivity index (χ3n) is 25.2. The molecule has 0 bridgehead atoms. The van der Waals surface area contributed by atoms with Crippen molar-refractivity contribution in [2.45, 2.75) is 332 Å². The lowest BCUT2D eigenvalue weighted by Gasteiger charge is -2.71. The summed E-state index contributed by atoms with van der Waals surface area (Å²) in [4.78, 5) is 170. The van der Waals surface area contributed by atoms with Crippen molar-refractivity contribution in [2.75, 3.05) is 33.0 Å². The predicted octanol–water partition coefficient (Wildman–Crippen LogP) is 5.86. The Labute approximate surface area is 668 Å². The van der Waals surface area contributed by atoms with Crippen LogP contribution in [0.2, 0.25) is 0 Å². The maximum atomic E-state index is 13.9. The molecule has 646 valence electrons. The van der Waals surface area contributed by atoms with Gasteiger partial charge in [0.1, 0.15) is 62.5 Å². The number of esters is 13. The number of hydrogen-bond donors (Lipinski definition) is 1. The van der Waals surface area contributed by atoms with Gasteiger partial charge in [-0.25, -0.2) is 0 Å². The van der Waals surface area contributed by atoms with Gasteiger partial charge in [-0.1, -0.05) is 53.2 Å². The number of rotatable bonds is 26. The van der Waals surface area contributed by atoms with Gasteiger partial charge < -0.3 is 105 Å². The van der Waals surface area contributed by atoms with Crippen molar-refractivity contribution in [3.05, 3.63) is 11.6 Å². The number of carbonyl (C=O) groups is 13. The average molecular weight is 1640 g/mol. The standard InChI is InChI=1S/C80H116O35/c1-37-60(101-43(7)86)65(114-74-69(108-50(14)93)67(106-48(12)91)63(55(111-74)34-97-40(4)83)113-73-68(107-49(13)92)66(105-47(11)90)62(103-45(9)88)54(110-73)33-96-39(3)82)70(115-71-59(94)64(104-46(10)89)61(102-44(8)87)53(109-71)32-95-38(2)81)72(100-37)112-58-24-25-76(17)56(77(58,18)35-98-41(5)84)23-26-79(20)57(76)22-21-51-52-31-75(15,16)27-29-80(52,36-99-42(6)85)30-28-78(51,79)19/h21,37,52-74,94H,22-36H2,1-20H3/t37-,52?,53-,54-,55-,56-,57?,58+,59+,60+,61+,62-,63-,64+,65+,66+,67-,68-,69-,70-,71+,72+,73+,74+,76+,77+,78-,79-,80-/m1/s1. The summed E-state index contributed by atoms with van der Waals surface area (Å²) in [5.41, 5.74) is -0.964. The summed E-state index contributed by atoms with van der Waals surface area (Å²) >= 11 is 0. The van der Waals surface area contributed by atoms with E-state index in [1.807, 2.05) is 6.92 Å². The number of aliphatic hydroxyl groups excluding tert-OH is 1. The molecular weight excluding hydrogens is 1520 g/mol. The van der Waals surface area contributed by atoms with Gasteiger partial charge in [0.05, 0.1) is 25.4 Å². The number of allylic oxidation sites excluding steroid dienone is 2. The molecule has 115 heavy (non-hydrogen) atoms. The Morgan fingerprint density at radius 1 is 0.383 bits per heavy atom. The fourth-order valence-electron chi connectivity index (χ4n) is 20.1. The molecule has 0 spiro atoms. The van der Waals surface area contributed by atoms with Crippen LogP contribution in [-0.2, 0) is 162 Å². The van der Waals surface area contributed by atoms with Gasteiger partial charge >= 0.3 is 77.6 Å². The molecule has 29 atom stereocenters. The first-order valence-corrected chi connectivity index (χ1v) is 39.3. The van der Waals surface area contributed by atoms with Crippen LogP contribution in [0, 0.1) is 50.2 Å². The van der Waals surface area contributed by atoms with Crippen molar-refractivity contribution in [3.8, 4) is 0 Å². The van der Waals surface area contributed by atoms with E-state index in [1.165, 1.54) is 26.3 Å². The minimum Gasteiger partial charge on any atom is -0.465 e. The highest BCUT2D eigenvalue weighted by molar-refractivity contribution is 5.71. The van der Waals surface area contributed by atoms with Gasteiger partial charge in [0.25, 0.3) is 0 Å². The quantitative estimate of drug-likeness (QED) is 0.0458. The third kappa shape index (κ3) is 20.4. The van der Waals surface area contributed by atoms with Crippen molar-refractivity contribution < 1.29 is 167 Å². The number of aliphatic hydroxyl groups is 1. The zero-order valence-corrected chi connectivity index (χ0v) is 69.4. The first-order valence-electron chi connectivity index (χ1n) is 39.3. The second-order valence-corrected chi connectivity index (χ2v) is 33.9. The average Bonchev–Trinajstić information content (AvgIpc) is 0.675. The van der Waals surface area contributed by atoms with Crippen molar-refractivity contribution in [1.82, 2.24) is 0 Å². The van der Waals surface area contributed by atoms with Gasteiger partial charge in [0.2, 0.25) is 0 Å². The number of hydrogen-bond acceptors (Lipinski definition) is 35. The largest absolute Gasteiger partial charge is 0.465 e. The number of fused-ring (bicyclic) bond motifs is 7. The van der Waals surface area contributed by atoms with Gasteiger partial charge in [-0.05, 0) is 111 Å². The van der Waals surface area contributed by atoms with Crippen LogP contribution in [0.25, 0.3) is 0 Å². The smallest absolute Gasteiger partial charge is 0.303 e. The minimum absolute atomic E-state index is 0.0319. The Morgan fingerprint density at radius 3 is 1.28 bits per heavy atom. The molecule has 8 fully saturated rings. The van der Waals surface area contributed by atoms with Crippen molar-refractivity contribution in [3.63, 3.8) is 0 Å². The summed E-state index contributed by atoms with van der Waals surface area (Å²) in [5.74, 6) is -11.8. The fourth-order valence-corrected chi connectivity index (χ4v) is 20.1.